The van der Waals surface area contributed by atoms with Crippen molar-refractivity contribution in [3.63, 3.8) is 0 Å². The summed E-state index contributed by atoms with van der Waals surface area (Å²) in [5.74, 6) is -0.0245. The zero-order chi connectivity index (χ0) is 56.9. The van der Waals surface area contributed by atoms with E-state index in [-0.39, 0.29) is 12.5 Å². The van der Waals surface area contributed by atoms with Gasteiger partial charge in [0.05, 0.1) is 18.8 Å². The van der Waals surface area contributed by atoms with Crippen LogP contribution in [0.3, 0.4) is 0 Å². The molecule has 1 amide bonds. The number of carbonyl (C=O) groups is 1. The van der Waals surface area contributed by atoms with Crippen LogP contribution >= 0.6 is 0 Å². The van der Waals surface area contributed by atoms with Gasteiger partial charge in [0.1, 0.15) is 0 Å². The van der Waals surface area contributed by atoms with Crippen molar-refractivity contribution in [1.82, 2.24) is 5.32 Å². The van der Waals surface area contributed by atoms with Gasteiger partial charge in [-0.3, -0.25) is 4.79 Å². The molecule has 2 unspecified atom stereocenters. The molecule has 3 N–H and O–H groups in total. The van der Waals surface area contributed by atoms with E-state index < -0.39 is 12.1 Å². The van der Waals surface area contributed by atoms with Crippen LogP contribution in [-0.4, -0.2) is 34.9 Å². The van der Waals surface area contributed by atoms with Crippen LogP contribution in [0.25, 0.3) is 0 Å². The van der Waals surface area contributed by atoms with Crippen LogP contribution in [-0.2, 0) is 4.79 Å². The summed E-state index contributed by atoms with van der Waals surface area (Å²) in [7, 11) is 0. The van der Waals surface area contributed by atoms with E-state index in [1.165, 1.54) is 308 Å². The van der Waals surface area contributed by atoms with E-state index in [0.717, 1.165) is 57.8 Å². The van der Waals surface area contributed by atoms with Crippen LogP contribution in [0.4, 0.5) is 0 Å². The minimum absolute atomic E-state index is 0.0245. The molecule has 0 aliphatic carbocycles. The Hall–Kier alpha value is -1.91. The monoisotopic (exact) mass is 1100 g/mol. The molecule has 0 radical (unpaired) electrons. The van der Waals surface area contributed by atoms with Gasteiger partial charge < -0.3 is 15.5 Å². The Morgan fingerprint density at radius 2 is 0.557 bits per heavy atom. The second-order valence-corrected chi connectivity index (χ2v) is 24.6. The molecule has 0 rings (SSSR count). The average Bonchev–Trinajstić information content (AvgIpc) is 3.45. The largest absolute Gasteiger partial charge is 0.394 e. The summed E-state index contributed by atoms with van der Waals surface area (Å²) in [5, 5.41) is 23.5. The summed E-state index contributed by atoms with van der Waals surface area (Å²) in [5.41, 5.74) is 0. The number of hydrogen-bond acceptors (Lipinski definition) is 3. The Morgan fingerprint density at radius 1 is 0.316 bits per heavy atom. The molecule has 79 heavy (non-hydrogen) atoms. The first-order valence-electron chi connectivity index (χ1n) is 36.0. The van der Waals surface area contributed by atoms with Crippen LogP contribution in [0.1, 0.15) is 393 Å². The summed E-state index contributed by atoms with van der Waals surface area (Å²) < 4.78 is 0. The molecule has 0 aromatic carbocycles. The zero-order valence-electron chi connectivity index (χ0n) is 53.7. The fourth-order valence-electron chi connectivity index (χ4n) is 11.4. The van der Waals surface area contributed by atoms with Gasteiger partial charge in [-0.15, -0.1) is 0 Å². The van der Waals surface area contributed by atoms with Gasteiger partial charge in [0.15, 0.2) is 0 Å². The lowest BCUT2D eigenvalue weighted by atomic mass is 10.0. The molecule has 0 saturated carbocycles. The second-order valence-electron chi connectivity index (χ2n) is 24.6. The maximum atomic E-state index is 12.6. The Bertz CT molecular complexity index is 1300. The van der Waals surface area contributed by atoms with Crippen molar-refractivity contribution < 1.29 is 15.0 Å². The van der Waals surface area contributed by atoms with Crippen LogP contribution in [0, 0.1) is 0 Å². The minimum Gasteiger partial charge on any atom is -0.394 e. The Balaban J connectivity index is 3.40. The molecule has 0 fully saturated rings. The van der Waals surface area contributed by atoms with Crippen molar-refractivity contribution in [3.8, 4) is 0 Å². The predicted octanol–water partition coefficient (Wildman–Crippen LogP) is 24.7. The molecule has 4 nitrogen and oxygen atoms in total. The van der Waals surface area contributed by atoms with Crippen molar-refractivity contribution in [2.45, 2.75) is 405 Å². The first kappa shape index (κ1) is 77.1. The first-order valence-corrected chi connectivity index (χ1v) is 36.0. The number of aliphatic hydroxyl groups is 2. The summed E-state index contributed by atoms with van der Waals surface area (Å²) >= 11 is 0. The minimum atomic E-state index is -0.662. The molecule has 464 valence electrons. The van der Waals surface area contributed by atoms with Crippen molar-refractivity contribution in [1.29, 1.82) is 0 Å². The summed E-state index contributed by atoms with van der Waals surface area (Å²) in [6, 6.07) is -0.539. The smallest absolute Gasteiger partial charge is 0.220 e. The van der Waals surface area contributed by atoms with Gasteiger partial charge in [-0.05, 0) is 57.8 Å². The highest BCUT2D eigenvalue weighted by molar-refractivity contribution is 5.76. The number of unbranched alkanes of at least 4 members (excludes halogenated alkanes) is 50. The number of rotatable bonds is 67. The molecule has 0 aromatic heterocycles. The summed E-state index contributed by atoms with van der Waals surface area (Å²) in [6.07, 6.45) is 100. The number of amides is 1. The molecule has 0 spiro atoms. The van der Waals surface area contributed by atoms with Crippen LogP contribution in [0.2, 0.25) is 0 Å². The Labute approximate surface area is 496 Å². The van der Waals surface area contributed by atoms with E-state index in [9.17, 15) is 15.0 Å². The SMILES string of the molecule is CC/C=C\C/C=C\C/C=C\C/C=C\C/C=C\CCCCCCCCCCCCCCCCCCCCCC(=O)NC(CO)C(O)CCCCCCCCCCCCCCCCCCCCCCCCCCCCCCCCCC. The Kier molecular flexibility index (Phi) is 68.7. The molecule has 2 atom stereocenters. The molecule has 0 heterocycles. The van der Waals surface area contributed by atoms with E-state index in [2.05, 4.69) is 79.9 Å². The van der Waals surface area contributed by atoms with Crippen molar-refractivity contribution in [2.75, 3.05) is 6.61 Å². The van der Waals surface area contributed by atoms with E-state index in [1.807, 2.05) is 0 Å². The van der Waals surface area contributed by atoms with Gasteiger partial charge in [0.2, 0.25) is 5.91 Å². The highest BCUT2D eigenvalue weighted by atomic mass is 16.3. The van der Waals surface area contributed by atoms with Crippen LogP contribution < -0.4 is 5.32 Å². The molecule has 0 aromatic rings. The van der Waals surface area contributed by atoms with Crippen LogP contribution in [0.15, 0.2) is 60.8 Å². The third-order valence-electron chi connectivity index (χ3n) is 16.8. The maximum Gasteiger partial charge on any atom is 0.220 e. The second kappa shape index (κ2) is 70.4. The van der Waals surface area contributed by atoms with Crippen molar-refractivity contribution >= 4 is 5.91 Å². The standard InChI is InChI=1S/C75H141NO3/c1-3-5-7-9-11-13-15-17-19-21-23-25-27-29-31-33-35-37-38-39-41-43-45-47-49-51-53-55-57-59-61-63-65-67-69-71-75(79)76-73(72-77)74(78)70-68-66-64-62-60-58-56-54-52-50-48-46-44-42-40-36-34-32-30-28-26-24-22-20-18-16-14-12-10-8-6-4-2/h5,7,11,13,17,19,23,25,29,31,73-74,77-78H,3-4,6,8-10,12,14-16,18,20-22,24,26-28,30,32-72H2,1-2H3,(H,76,79)/b7-5-,13-11-,19-17-,25-23-,31-29-. The van der Waals surface area contributed by atoms with E-state index >= 15 is 0 Å². The fourth-order valence-corrected chi connectivity index (χ4v) is 11.4. The number of allylic oxidation sites excluding steroid dienone is 10. The van der Waals surface area contributed by atoms with Gasteiger partial charge in [0, 0.05) is 6.42 Å². The predicted molar refractivity (Wildman–Crippen MR) is 354 cm³/mol. The lowest BCUT2D eigenvalue weighted by molar-refractivity contribution is -0.123. The number of nitrogens with one attached hydrogen (secondary N) is 1. The third kappa shape index (κ3) is 66.8. The van der Waals surface area contributed by atoms with Crippen molar-refractivity contribution in [3.05, 3.63) is 60.8 Å². The summed E-state index contributed by atoms with van der Waals surface area (Å²) in [6.45, 7) is 4.29. The molecule has 0 saturated heterocycles. The average molecular weight is 1100 g/mol. The quantitative estimate of drug-likeness (QED) is 0.0420. The highest BCUT2D eigenvalue weighted by Crippen LogP contribution is 2.19. The van der Waals surface area contributed by atoms with E-state index in [1.54, 1.807) is 0 Å². The van der Waals surface area contributed by atoms with Gasteiger partial charge in [-0.1, -0.05) is 389 Å². The van der Waals surface area contributed by atoms with E-state index in [0.29, 0.717) is 12.8 Å². The first-order chi connectivity index (χ1) is 39.2. The Morgan fingerprint density at radius 3 is 0.835 bits per heavy atom. The fraction of sp³-hybridized carbons (Fsp3) is 0.853. The molecule has 4 heteroatoms. The molecule has 0 aliphatic heterocycles. The third-order valence-corrected chi connectivity index (χ3v) is 16.8. The topological polar surface area (TPSA) is 69.6 Å². The summed E-state index contributed by atoms with van der Waals surface area (Å²) in [4.78, 5) is 12.6. The lowest BCUT2D eigenvalue weighted by Gasteiger charge is -2.22. The number of aliphatic hydroxyl groups excluding tert-OH is 2. The lowest BCUT2D eigenvalue weighted by Crippen LogP contribution is -2.45. The normalized spacial score (nSPS) is 13.0. The van der Waals surface area contributed by atoms with Gasteiger partial charge in [-0.25, -0.2) is 0 Å². The molecule has 0 aliphatic rings. The molecular weight excluding hydrogens is 963 g/mol. The zero-order valence-corrected chi connectivity index (χ0v) is 53.7. The number of carbonyl (C=O) groups excluding carboxylic acids is 1. The highest BCUT2D eigenvalue weighted by Gasteiger charge is 2.20. The number of hydrogen-bond donors (Lipinski definition) is 3. The van der Waals surface area contributed by atoms with Gasteiger partial charge in [-0.2, -0.15) is 0 Å². The van der Waals surface area contributed by atoms with Gasteiger partial charge in [0.25, 0.3) is 0 Å². The molecular formula is C75H141NO3. The van der Waals surface area contributed by atoms with Crippen LogP contribution in [0.5, 0.6) is 0 Å². The van der Waals surface area contributed by atoms with Gasteiger partial charge >= 0.3 is 0 Å². The molecule has 0 bridgehead atoms. The van der Waals surface area contributed by atoms with Crippen molar-refractivity contribution in [2.24, 2.45) is 0 Å². The van der Waals surface area contributed by atoms with E-state index in [4.69, 9.17) is 0 Å². The maximum absolute atomic E-state index is 12.6.